The number of hydrogen-bond donors (Lipinski definition) is 2. The van der Waals surface area contributed by atoms with Crippen molar-refractivity contribution >= 4 is 39.1 Å². The molecule has 0 amide bonds. The van der Waals surface area contributed by atoms with Gasteiger partial charge in [-0.1, -0.05) is 23.7 Å². The third kappa shape index (κ3) is 5.02. The number of H-pyrrole nitrogens is 1. The maximum absolute atomic E-state index is 12.6. The lowest BCUT2D eigenvalue weighted by molar-refractivity contribution is 0.0393. The van der Waals surface area contributed by atoms with Gasteiger partial charge in [-0.3, -0.25) is 4.79 Å². The zero-order valence-corrected chi connectivity index (χ0v) is 17.9. The van der Waals surface area contributed by atoms with Crippen molar-refractivity contribution in [1.29, 1.82) is 0 Å². The Bertz CT molecular complexity index is 1080. The summed E-state index contributed by atoms with van der Waals surface area (Å²) < 4.78 is 10.1. The van der Waals surface area contributed by atoms with Gasteiger partial charge in [0.15, 0.2) is 0 Å². The number of fused-ring (bicyclic) bond motifs is 1. The number of halogens is 1. The molecule has 2 N–H and O–H groups in total. The number of methoxy groups -OCH3 is 1. The fourth-order valence-electron chi connectivity index (χ4n) is 2.89. The number of carbonyl (C=O) groups is 1. The lowest BCUT2D eigenvalue weighted by Gasteiger charge is -2.14. The van der Waals surface area contributed by atoms with Crippen LogP contribution in [0, 0.1) is 6.92 Å². The maximum atomic E-state index is 12.6. The van der Waals surface area contributed by atoms with Crippen LogP contribution in [0.4, 0.5) is 0 Å². The molecule has 0 unspecified atom stereocenters. The second-order valence-electron chi connectivity index (χ2n) is 6.54. The number of aromatic amines is 1. The molecule has 0 spiro atoms. The topological polar surface area (TPSA) is 93.3 Å². The summed E-state index contributed by atoms with van der Waals surface area (Å²) in [6, 6.07) is 7.60. The number of aryl methyl sites for hydroxylation is 1. The number of nitrogens with one attached hydrogen (secondary N) is 2. The van der Waals surface area contributed by atoms with Crippen LogP contribution in [0.1, 0.15) is 39.6 Å². The molecule has 154 valence electrons. The minimum absolute atomic E-state index is 0.0195. The molecular weight excluding hydrogens is 414 g/mol. The van der Waals surface area contributed by atoms with Crippen LogP contribution in [-0.4, -0.2) is 36.3 Å². The van der Waals surface area contributed by atoms with Crippen molar-refractivity contribution in [2.24, 2.45) is 0 Å². The van der Waals surface area contributed by atoms with Gasteiger partial charge in [-0.15, -0.1) is 11.3 Å². The van der Waals surface area contributed by atoms with Gasteiger partial charge < -0.3 is 19.8 Å². The van der Waals surface area contributed by atoms with Crippen LogP contribution in [0.2, 0.25) is 5.02 Å². The molecular formula is C20H22ClN3O4S. The van der Waals surface area contributed by atoms with Crippen molar-refractivity contribution in [2.75, 3.05) is 20.3 Å². The second kappa shape index (κ2) is 9.49. The fourth-order valence-corrected chi connectivity index (χ4v) is 4.19. The van der Waals surface area contributed by atoms with Crippen LogP contribution in [0.25, 0.3) is 10.2 Å². The minimum atomic E-state index is -0.476. The molecule has 0 fully saturated rings. The second-order valence-corrected chi connectivity index (χ2v) is 7.97. The zero-order chi connectivity index (χ0) is 21.0. The number of thiophene rings is 1. The van der Waals surface area contributed by atoms with E-state index < -0.39 is 5.97 Å². The van der Waals surface area contributed by atoms with Gasteiger partial charge >= 0.3 is 5.97 Å². The number of rotatable bonds is 8. The highest BCUT2D eigenvalue weighted by Gasteiger charge is 2.20. The van der Waals surface area contributed by atoms with E-state index in [2.05, 4.69) is 15.3 Å². The Labute approximate surface area is 177 Å². The molecule has 0 saturated heterocycles. The van der Waals surface area contributed by atoms with Gasteiger partial charge in [-0.2, -0.15) is 0 Å². The Kier molecular flexibility index (Phi) is 7.02. The third-order valence-electron chi connectivity index (χ3n) is 4.48. The van der Waals surface area contributed by atoms with E-state index >= 15 is 0 Å². The zero-order valence-electron chi connectivity index (χ0n) is 16.4. The molecule has 3 rings (SSSR count). The van der Waals surface area contributed by atoms with Crippen LogP contribution >= 0.6 is 22.9 Å². The highest BCUT2D eigenvalue weighted by molar-refractivity contribution is 7.20. The molecule has 0 bridgehead atoms. The predicted octanol–water partition coefficient (Wildman–Crippen LogP) is 3.60. The maximum Gasteiger partial charge on any atom is 0.348 e. The number of benzene rings is 1. The molecule has 1 atom stereocenters. The number of ether oxygens (including phenoxy) is 2. The van der Waals surface area contributed by atoms with Crippen molar-refractivity contribution in [2.45, 2.75) is 26.4 Å². The number of nitrogens with zero attached hydrogens (tertiary/aromatic N) is 1. The van der Waals surface area contributed by atoms with Crippen molar-refractivity contribution in [3.63, 3.8) is 0 Å². The van der Waals surface area contributed by atoms with Crippen molar-refractivity contribution in [1.82, 2.24) is 15.3 Å². The standard InChI is InChI=1S/C20H22ClN3O4S/c1-11-16-18(25)23-15(10-22-12(2)13-5-4-6-14(21)9-13)24-19(16)29-17(11)20(26)28-8-7-27-3/h4-6,9,12,22H,7-8,10H2,1-3H3,(H,23,24,25)/t12-/m0/s1. The van der Waals surface area contributed by atoms with Crippen LogP contribution in [0.5, 0.6) is 0 Å². The van der Waals surface area contributed by atoms with Crippen LogP contribution in [0.15, 0.2) is 29.1 Å². The number of hydrogen-bond acceptors (Lipinski definition) is 7. The summed E-state index contributed by atoms with van der Waals surface area (Å²) in [4.78, 5) is 33.1. The number of esters is 1. The molecule has 3 aromatic rings. The Morgan fingerprint density at radius 2 is 2.17 bits per heavy atom. The van der Waals surface area contributed by atoms with Crippen LogP contribution in [0.3, 0.4) is 0 Å². The first-order valence-corrected chi connectivity index (χ1v) is 10.3. The highest BCUT2D eigenvalue weighted by Crippen LogP contribution is 2.27. The molecule has 29 heavy (non-hydrogen) atoms. The Hall–Kier alpha value is -2.26. The largest absolute Gasteiger partial charge is 0.459 e. The van der Waals surface area contributed by atoms with Gasteiger partial charge in [0.05, 0.1) is 18.5 Å². The Morgan fingerprint density at radius 3 is 2.90 bits per heavy atom. The lowest BCUT2D eigenvalue weighted by atomic mass is 10.1. The van der Waals surface area contributed by atoms with E-state index in [0.29, 0.717) is 44.7 Å². The summed E-state index contributed by atoms with van der Waals surface area (Å²) in [5.41, 5.74) is 1.34. The molecule has 1 aromatic carbocycles. The van der Waals surface area contributed by atoms with Crippen LogP contribution < -0.4 is 10.9 Å². The van der Waals surface area contributed by atoms with E-state index in [1.807, 2.05) is 31.2 Å². The van der Waals surface area contributed by atoms with Gasteiger partial charge in [0.25, 0.3) is 5.56 Å². The normalized spacial score (nSPS) is 12.3. The summed E-state index contributed by atoms with van der Waals surface area (Å²) in [6.45, 7) is 4.56. The van der Waals surface area contributed by atoms with E-state index in [9.17, 15) is 9.59 Å². The monoisotopic (exact) mass is 435 g/mol. The average molecular weight is 436 g/mol. The Balaban J connectivity index is 1.78. The van der Waals surface area contributed by atoms with E-state index in [1.54, 1.807) is 6.92 Å². The molecule has 0 saturated carbocycles. The van der Waals surface area contributed by atoms with Crippen molar-refractivity contribution in [3.8, 4) is 0 Å². The molecule has 0 aliphatic carbocycles. The van der Waals surface area contributed by atoms with Gasteiger partial charge in [0.2, 0.25) is 0 Å². The van der Waals surface area contributed by atoms with E-state index in [1.165, 1.54) is 7.11 Å². The summed E-state index contributed by atoms with van der Waals surface area (Å²) in [5.74, 6) is 0.0214. The summed E-state index contributed by atoms with van der Waals surface area (Å²) in [5, 5.41) is 4.41. The minimum Gasteiger partial charge on any atom is -0.459 e. The molecule has 2 aromatic heterocycles. The first-order valence-electron chi connectivity index (χ1n) is 9.08. The molecule has 9 heteroatoms. The van der Waals surface area contributed by atoms with E-state index in [4.69, 9.17) is 21.1 Å². The van der Waals surface area contributed by atoms with Gasteiger partial charge in [0, 0.05) is 18.2 Å². The average Bonchev–Trinajstić information content (AvgIpc) is 3.03. The summed E-state index contributed by atoms with van der Waals surface area (Å²) in [7, 11) is 1.53. The molecule has 7 nitrogen and oxygen atoms in total. The van der Waals surface area contributed by atoms with E-state index in [-0.39, 0.29) is 18.2 Å². The Morgan fingerprint density at radius 1 is 1.38 bits per heavy atom. The predicted molar refractivity (Wildman–Crippen MR) is 114 cm³/mol. The van der Waals surface area contributed by atoms with Gasteiger partial charge in [-0.05, 0) is 37.1 Å². The smallest absolute Gasteiger partial charge is 0.348 e. The number of aromatic nitrogens is 2. The van der Waals surface area contributed by atoms with Crippen LogP contribution in [-0.2, 0) is 16.0 Å². The quantitative estimate of drug-likeness (QED) is 0.414. The van der Waals surface area contributed by atoms with Crippen molar-refractivity contribution in [3.05, 3.63) is 61.5 Å². The first kappa shape index (κ1) is 21.4. The SMILES string of the molecule is COCCOC(=O)c1sc2nc(CN[C@@H](C)c3cccc(Cl)c3)[nH]c(=O)c2c1C. The van der Waals surface area contributed by atoms with Crippen molar-refractivity contribution < 1.29 is 14.3 Å². The molecule has 0 radical (unpaired) electrons. The lowest BCUT2D eigenvalue weighted by Crippen LogP contribution is -2.22. The van der Waals surface area contributed by atoms with Gasteiger partial charge in [-0.25, -0.2) is 9.78 Å². The summed E-state index contributed by atoms with van der Waals surface area (Å²) >= 11 is 7.20. The van der Waals surface area contributed by atoms with E-state index in [0.717, 1.165) is 16.9 Å². The van der Waals surface area contributed by atoms with Gasteiger partial charge in [0.1, 0.15) is 22.1 Å². The molecule has 2 heterocycles. The molecule has 0 aliphatic rings. The fraction of sp³-hybridized carbons (Fsp3) is 0.350. The first-order chi connectivity index (χ1) is 13.9. The number of carbonyl (C=O) groups excluding carboxylic acids is 1. The summed E-state index contributed by atoms with van der Waals surface area (Å²) in [6.07, 6.45) is 0. The molecule has 0 aliphatic heterocycles. The highest BCUT2D eigenvalue weighted by atomic mass is 35.5. The third-order valence-corrected chi connectivity index (χ3v) is 5.88.